The Bertz CT molecular complexity index is 506. The average molecular weight is 280 g/mol. The first kappa shape index (κ1) is 15.8. The molecule has 2 amide bonds. The summed E-state index contributed by atoms with van der Waals surface area (Å²) in [6.07, 6.45) is -0.712. The van der Waals surface area contributed by atoms with E-state index in [9.17, 15) is 9.59 Å². The lowest BCUT2D eigenvalue weighted by molar-refractivity contribution is 0.0483. The minimum atomic E-state index is -0.712. The Morgan fingerprint density at radius 1 is 1.15 bits per heavy atom. The fourth-order valence-corrected chi connectivity index (χ4v) is 1.50. The first-order valence-electron chi connectivity index (χ1n) is 6.17. The van der Waals surface area contributed by atoms with Crippen molar-refractivity contribution >= 4 is 12.0 Å². The summed E-state index contributed by atoms with van der Waals surface area (Å²) in [6.45, 7) is 7.04. The number of nitrogens with one attached hydrogen (secondary N) is 2. The lowest BCUT2D eigenvalue weighted by Crippen LogP contribution is -2.44. The highest BCUT2D eigenvalue weighted by atomic mass is 16.6. The van der Waals surface area contributed by atoms with Crippen LogP contribution in [0.15, 0.2) is 18.2 Å². The summed E-state index contributed by atoms with van der Waals surface area (Å²) >= 11 is 0. The lowest BCUT2D eigenvalue weighted by Gasteiger charge is -2.19. The zero-order chi connectivity index (χ0) is 15.3. The van der Waals surface area contributed by atoms with Gasteiger partial charge in [0.05, 0.1) is 7.11 Å². The monoisotopic (exact) mass is 280 g/mol. The maximum Gasteiger partial charge on any atom is 0.426 e. The molecule has 2 N–H and O–H groups in total. The summed E-state index contributed by atoms with van der Waals surface area (Å²) in [5, 5.41) is 0. The van der Waals surface area contributed by atoms with Crippen molar-refractivity contribution in [3.8, 4) is 5.75 Å². The lowest BCUT2D eigenvalue weighted by atomic mass is 10.1. The van der Waals surface area contributed by atoms with E-state index in [4.69, 9.17) is 9.47 Å². The molecule has 0 heterocycles. The molecule has 6 heteroatoms. The quantitative estimate of drug-likeness (QED) is 0.814. The van der Waals surface area contributed by atoms with Crippen molar-refractivity contribution in [1.29, 1.82) is 0 Å². The smallest absolute Gasteiger partial charge is 0.426 e. The number of carbonyl (C=O) groups excluding carboxylic acids is 2. The third kappa shape index (κ3) is 4.79. The number of carbonyl (C=O) groups is 2. The van der Waals surface area contributed by atoms with Crippen LogP contribution in [0.3, 0.4) is 0 Å². The summed E-state index contributed by atoms with van der Waals surface area (Å²) < 4.78 is 10.1. The highest BCUT2D eigenvalue weighted by Crippen LogP contribution is 2.18. The molecule has 20 heavy (non-hydrogen) atoms. The van der Waals surface area contributed by atoms with Crippen LogP contribution in [-0.2, 0) is 4.74 Å². The van der Waals surface area contributed by atoms with Crippen molar-refractivity contribution in [2.75, 3.05) is 7.11 Å². The molecular formula is C14H20N2O4. The SMILES string of the molecule is COc1ccc(C(=O)NNC(=O)OC(C)(C)C)cc1C. The highest BCUT2D eigenvalue weighted by Gasteiger charge is 2.16. The van der Waals surface area contributed by atoms with Gasteiger partial charge in [-0.15, -0.1) is 0 Å². The van der Waals surface area contributed by atoms with Gasteiger partial charge in [-0.05, 0) is 51.5 Å². The van der Waals surface area contributed by atoms with Gasteiger partial charge in [0.1, 0.15) is 11.4 Å². The maximum absolute atomic E-state index is 11.8. The third-order valence-electron chi connectivity index (χ3n) is 2.33. The van der Waals surface area contributed by atoms with Crippen LogP contribution in [0.2, 0.25) is 0 Å². The second kappa shape index (κ2) is 6.27. The number of hydrogen-bond acceptors (Lipinski definition) is 4. The van der Waals surface area contributed by atoms with Crippen molar-refractivity contribution in [2.45, 2.75) is 33.3 Å². The summed E-state index contributed by atoms with van der Waals surface area (Å²) in [6, 6.07) is 4.97. The Kier molecular flexibility index (Phi) is 4.96. The minimum absolute atomic E-state index is 0.416. The number of ether oxygens (including phenoxy) is 2. The van der Waals surface area contributed by atoms with Gasteiger partial charge in [0.25, 0.3) is 5.91 Å². The van der Waals surface area contributed by atoms with Gasteiger partial charge in [0.2, 0.25) is 0 Å². The van der Waals surface area contributed by atoms with Crippen LogP contribution in [0.5, 0.6) is 5.75 Å². The molecule has 0 aliphatic rings. The predicted octanol–water partition coefficient (Wildman–Crippen LogP) is 2.17. The van der Waals surface area contributed by atoms with E-state index in [1.807, 2.05) is 6.92 Å². The molecule has 0 aliphatic heterocycles. The fraction of sp³-hybridized carbons (Fsp3) is 0.429. The van der Waals surface area contributed by atoms with Crippen molar-refractivity contribution in [2.24, 2.45) is 0 Å². The molecule has 0 bridgehead atoms. The number of methoxy groups -OCH3 is 1. The van der Waals surface area contributed by atoms with Crippen LogP contribution in [0.1, 0.15) is 36.7 Å². The number of hydrogen-bond donors (Lipinski definition) is 2. The van der Waals surface area contributed by atoms with Gasteiger partial charge < -0.3 is 9.47 Å². The molecule has 0 unspecified atom stereocenters. The molecule has 0 saturated carbocycles. The van der Waals surface area contributed by atoms with Crippen LogP contribution in [0, 0.1) is 6.92 Å². The zero-order valence-electron chi connectivity index (χ0n) is 12.4. The maximum atomic E-state index is 11.8. The van der Waals surface area contributed by atoms with E-state index >= 15 is 0 Å². The molecule has 0 aliphatic carbocycles. The molecule has 1 aromatic rings. The average Bonchev–Trinajstić information content (AvgIpc) is 2.33. The van der Waals surface area contributed by atoms with Crippen LogP contribution in [0.25, 0.3) is 0 Å². The predicted molar refractivity (Wildman–Crippen MR) is 74.6 cm³/mol. The molecule has 1 rings (SSSR count). The number of aryl methyl sites for hydroxylation is 1. The van der Waals surface area contributed by atoms with Gasteiger partial charge in [-0.2, -0.15) is 0 Å². The van der Waals surface area contributed by atoms with Crippen LogP contribution < -0.4 is 15.6 Å². The number of amides is 2. The van der Waals surface area contributed by atoms with E-state index in [1.54, 1.807) is 46.1 Å². The molecule has 0 aromatic heterocycles. The van der Waals surface area contributed by atoms with E-state index < -0.39 is 17.6 Å². The third-order valence-corrected chi connectivity index (χ3v) is 2.33. The standard InChI is InChI=1S/C14H20N2O4/c1-9-8-10(6-7-11(9)19-5)12(17)15-16-13(18)20-14(2,3)4/h6-8H,1-5H3,(H,15,17)(H,16,18). The molecule has 0 atom stereocenters. The Balaban J connectivity index is 2.59. The molecule has 0 spiro atoms. The van der Waals surface area contributed by atoms with Gasteiger partial charge in [-0.1, -0.05) is 0 Å². The van der Waals surface area contributed by atoms with E-state index in [0.29, 0.717) is 11.3 Å². The van der Waals surface area contributed by atoms with E-state index in [2.05, 4.69) is 10.9 Å². The Hall–Kier alpha value is -2.24. The first-order chi connectivity index (χ1) is 9.23. The van der Waals surface area contributed by atoms with E-state index in [0.717, 1.165) is 5.56 Å². The Morgan fingerprint density at radius 3 is 2.30 bits per heavy atom. The number of rotatable bonds is 2. The van der Waals surface area contributed by atoms with Gasteiger partial charge in [-0.3, -0.25) is 10.2 Å². The number of benzene rings is 1. The zero-order valence-corrected chi connectivity index (χ0v) is 12.4. The van der Waals surface area contributed by atoms with E-state index in [-0.39, 0.29) is 0 Å². The molecule has 6 nitrogen and oxygen atoms in total. The van der Waals surface area contributed by atoms with Crippen molar-refractivity contribution < 1.29 is 19.1 Å². The first-order valence-corrected chi connectivity index (χ1v) is 6.17. The molecule has 0 saturated heterocycles. The van der Waals surface area contributed by atoms with Gasteiger partial charge in [0, 0.05) is 5.56 Å². The van der Waals surface area contributed by atoms with E-state index in [1.165, 1.54) is 0 Å². The molecule has 110 valence electrons. The topological polar surface area (TPSA) is 76.7 Å². The van der Waals surface area contributed by atoms with Crippen molar-refractivity contribution in [3.63, 3.8) is 0 Å². The second-order valence-corrected chi connectivity index (χ2v) is 5.27. The summed E-state index contributed by atoms with van der Waals surface area (Å²) in [5.41, 5.74) is 5.10. The Morgan fingerprint density at radius 2 is 1.80 bits per heavy atom. The second-order valence-electron chi connectivity index (χ2n) is 5.27. The molecule has 1 aromatic carbocycles. The minimum Gasteiger partial charge on any atom is -0.496 e. The van der Waals surface area contributed by atoms with Gasteiger partial charge in [0.15, 0.2) is 0 Å². The van der Waals surface area contributed by atoms with Crippen molar-refractivity contribution in [3.05, 3.63) is 29.3 Å². The normalized spacial score (nSPS) is 10.7. The van der Waals surface area contributed by atoms with Crippen LogP contribution in [-0.4, -0.2) is 24.7 Å². The summed E-state index contributed by atoms with van der Waals surface area (Å²) in [4.78, 5) is 23.2. The van der Waals surface area contributed by atoms with Gasteiger partial charge in [-0.25, -0.2) is 10.2 Å². The number of hydrazine groups is 1. The molecule has 0 fully saturated rings. The van der Waals surface area contributed by atoms with Crippen LogP contribution in [0.4, 0.5) is 4.79 Å². The summed E-state index contributed by atoms with van der Waals surface area (Å²) in [7, 11) is 1.56. The highest BCUT2D eigenvalue weighted by molar-refractivity contribution is 5.95. The summed E-state index contributed by atoms with van der Waals surface area (Å²) in [5.74, 6) is 0.267. The fourth-order valence-electron chi connectivity index (χ4n) is 1.50. The Labute approximate surface area is 118 Å². The molecular weight excluding hydrogens is 260 g/mol. The molecule has 0 radical (unpaired) electrons. The van der Waals surface area contributed by atoms with Gasteiger partial charge >= 0.3 is 6.09 Å². The van der Waals surface area contributed by atoms with Crippen LogP contribution >= 0.6 is 0 Å². The largest absolute Gasteiger partial charge is 0.496 e. The van der Waals surface area contributed by atoms with Crippen molar-refractivity contribution in [1.82, 2.24) is 10.9 Å².